The molecule has 1 aliphatic heterocycles. The normalized spacial score (nSPS) is 18.4. The Kier molecular flexibility index (Phi) is 5.38. The summed E-state index contributed by atoms with van der Waals surface area (Å²) in [5.74, 6) is 1.58. The highest BCUT2D eigenvalue weighted by molar-refractivity contribution is 5.85. The molecule has 1 saturated heterocycles. The number of pyridine rings is 1. The number of likely N-dealkylation sites (N-methyl/N-ethyl adjacent to an activating group) is 1. The third-order valence-corrected chi connectivity index (χ3v) is 3.45. The molecule has 0 saturated carbocycles. The number of rotatable bonds is 5. The fourth-order valence-corrected chi connectivity index (χ4v) is 2.40. The maximum absolute atomic E-state index is 12.4. The van der Waals surface area contributed by atoms with E-state index >= 15 is 0 Å². The van der Waals surface area contributed by atoms with Crippen molar-refractivity contribution in [2.45, 2.75) is 19.4 Å². The first-order chi connectivity index (χ1) is 10.1. The van der Waals surface area contributed by atoms with Gasteiger partial charge in [0.05, 0.1) is 6.61 Å². The van der Waals surface area contributed by atoms with Crippen LogP contribution in [-0.4, -0.2) is 62.2 Å². The summed E-state index contributed by atoms with van der Waals surface area (Å²) in [4.78, 5) is 20.5. The molecule has 116 valence electrons. The molecule has 6 heteroatoms. The first-order valence-electron chi connectivity index (χ1n) is 7.41. The molecule has 0 aliphatic carbocycles. The Bertz CT molecular complexity index is 478. The van der Waals surface area contributed by atoms with E-state index in [-0.39, 0.29) is 11.9 Å². The SMILES string of the molecule is CCCOc1cccnc1N1CCNCC1C(=O)N(C)C. The van der Waals surface area contributed by atoms with E-state index in [4.69, 9.17) is 4.74 Å². The van der Waals surface area contributed by atoms with E-state index in [0.29, 0.717) is 13.2 Å². The summed E-state index contributed by atoms with van der Waals surface area (Å²) in [6, 6.07) is 3.53. The molecule has 1 amide bonds. The Labute approximate surface area is 126 Å². The molecule has 0 bridgehead atoms. The molecule has 1 aromatic rings. The molecule has 1 atom stereocenters. The predicted molar refractivity (Wildman–Crippen MR) is 82.7 cm³/mol. The fourth-order valence-electron chi connectivity index (χ4n) is 2.40. The predicted octanol–water partition coefficient (Wildman–Crippen LogP) is 0.737. The number of anilines is 1. The zero-order valence-electron chi connectivity index (χ0n) is 13.0. The van der Waals surface area contributed by atoms with E-state index in [0.717, 1.165) is 31.1 Å². The monoisotopic (exact) mass is 292 g/mol. The lowest BCUT2D eigenvalue weighted by molar-refractivity contribution is -0.130. The Morgan fingerprint density at radius 3 is 3.10 bits per heavy atom. The summed E-state index contributed by atoms with van der Waals surface area (Å²) in [5, 5.41) is 3.28. The molecule has 1 fully saturated rings. The number of piperazine rings is 1. The highest BCUT2D eigenvalue weighted by atomic mass is 16.5. The maximum Gasteiger partial charge on any atom is 0.246 e. The van der Waals surface area contributed by atoms with Crippen LogP contribution in [0.25, 0.3) is 0 Å². The van der Waals surface area contributed by atoms with Crippen LogP contribution in [0.1, 0.15) is 13.3 Å². The van der Waals surface area contributed by atoms with Gasteiger partial charge in [-0.25, -0.2) is 4.98 Å². The van der Waals surface area contributed by atoms with Gasteiger partial charge in [0.1, 0.15) is 6.04 Å². The molecule has 1 N–H and O–H groups in total. The summed E-state index contributed by atoms with van der Waals surface area (Å²) in [5.41, 5.74) is 0. The van der Waals surface area contributed by atoms with E-state index in [9.17, 15) is 4.79 Å². The molecular formula is C15H24N4O2. The first-order valence-corrected chi connectivity index (χ1v) is 7.41. The van der Waals surface area contributed by atoms with E-state index < -0.39 is 0 Å². The molecule has 1 unspecified atom stereocenters. The van der Waals surface area contributed by atoms with Crippen LogP contribution in [0.15, 0.2) is 18.3 Å². The molecule has 0 spiro atoms. The zero-order valence-corrected chi connectivity index (χ0v) is 13.0. The molecule has 0 aromatic carbocycles. The minimum Gasteiger partial charge on any atom is -0.490 e. The van der Waals surface area contributed by atoms with Gasteiger partial charge in [-0.3, -0.25) is 4.79 Å². The van der Waals surface area contributed by atoms with Crippen molar-refractivity contribution in [3.8, 4) is 5.75 Å². The van der Waals surface area contributed by atoms with Gasteiger partial charge in [-0.2, -0.15) is 0 Å². The Hall–Kier alpha value is -1.82. The number of hydrogen-bond donors (Lipinski definition) is 1. The second kappa shape index (κ2) is 7.26. The topological polar surface area (TPSA) is 57.7 Å². The van der Waals surface area contributed by atoms with Gasteiger partial charge in [0.15, 0.2) is 11.6 Å². The summed E-state index contributed by atoms with van der Waals surface area (Å²) in [6.45, 7) is 4.92. The second-order valence-corrected chi connectivity index (χ2v) is 5.32. The largest absolute Gasteiger partial charge is 0.490 e. The van der Waals surface area contributed by atoms with Crippen LogP contribution in [0.4, 0.5) is 5.82 Å². The zero-order chi connectivity index (χ0) is 15.2. The Morgan fingerprint density at radius 1 is 1.57 bits per heavy atom. The number of nitrogens with one attached hydrogen (secondary N) is 1. The van der Waals surface area contributed by atoms with Gasteiger partial charge in [-0.15, -0.1) is 0 Å². The smallest absolute Gasteiger partial charge is 0.246 e. The van der Waals surface area contributed by atoms with Gasteiger partial charge in [0.2, 0.25) is 5.91 Å². The minimum atomic E-state index is -0.243. The molecule has 2 rings (SSSR count). The Balaban J connectivity index is 2.26. The lowest BCUT2D eigenvalue weighted by atomic mass is 10.1. The van der Waals surface area contributed by atoms with E-state index in [1.165, 1.54) is 0 Å². The summed E-state index contributed by atoms with van der Waals surface area (Å²) < 4.78 is 5.78. The molecule has 2 heterocycles. The Morgan fingerprint density at radius 2 is 2.38 bits per heavy atom. The van der Waals surface area contributed by atoms with Crippen LogP contribution in [-0.2, 0) is 4.79 Å². The number of nitrogens with zero attached hydrogens (tertiary/aromatic N) is 3. The number of aromatic nitrogens is 1. The molecule has 21 heavy (non-hydrogen) atoms. The van der Waals surface area contributed by atoms with Crippen LogP contribution < -0.4 is 15.0 Å². The van der Waals surface area contributed by atoms with E-state index in [1.807, 2.05) is 17.0 Å². The van der Waals surface area contributed by atoms with Gasteiger partial charge in [0, 0.05) is 39.9 Å². The van der Waals surface area contributed by atoms with Gasteiger partial charge in [0.25, 0.3) is 0 Å². The quantitative estimate of drug-likeness (QED) is 0.867. The summed E-state index contributed by atoms with van der Waals surface area (Å²) in [7, 11) is 3.56. The summed E-state index contributed by atoms with van der Waals surface area (Å²) in [6.07, 6.45) is 2.68. The molecule has 0 radical (unpaired) electrons. The standard InChI is InChI=1S/C15H24N4O2/c1-4-10-21-13-6-5-7-17-14(13)19-9-8-16-11-12(19)15(20)18(2)3/h5-7,12,16H,4,8-11H2,1-3H3. The molecular weight excluding hydrogens is 268 g/mol. The fraction of sp³-hybridized carbons (Fsp3) is 0.600. The highest BCUT2D eigenvalue weighted by Gasteiger charge is 2.32. The van der Waals surface area contributed by atoms with Crippen molar-refractivity contribution >= 4 is 11.7 Å². The highest BCUT2D eigenvalue weighted by Crippen LogP contribution is 2.28. The molecule has 1 aliphatic rings. The van der Waals surface area contributed by atoms with Crippen LogP contribution >= 0.6 is 0 Å². The van der Waals surface area contributed by atoms with Crippen LogP contribution in [0.3, 0.4) is 0 Å². The van der Waals surface area contributed by atoms with Gasteiger partial charge in [-0.1, -0.05) is 6.92 Å². The van der Waals surface area contributed by atoms with Crippen molar-refractivity contribution in [1.29, 1.82) is 0 Å². The van der Waals surface area contributed by atoms with Crippen molar-refractivity contribution in [2.75, 3.05) is 45.2 Å². The van der Waals surface area contributed by atoms with Crippen molar-refractivity contribution in [1.82, 2.24) is 15.2 Å². The van der Waals surface area contributed by atoms with Crippen molar-refractivity contribution in [3.63, 3.8) is 0 Å². The number of carbonyl (C=O) groups excluding carboxylic acids is 1. The minimum absolute atomic E-state index is 0.0781. The number of hydrogen-bond acceptors (Lipinski definition) is 5. The van der Waals surface area contributed by atoms with Crippen LogP contribution in [0.5, 0.6) is 5.75 Å². The van der Waals surface area contributed by atoms with Crippen molar-refractivity contribution < 1.29 is 9.53 Å². The first kappa shape index (κ1) is 15.6. The van der Waals surface area contributed by atoms with E-state index in [1.54, 1.807) is 25.2 Å². The van der Waals surface area contributed by atoms with Crippen LogP contribution in [0.2, 0.25) is 0 Å². The van der Waals surface area contributed by atoms with Gasteiger partial charge in [-0.05, 0) is 18.6 Å². The van der Waals surface area contributed by atoms with E-state index in [2.05, 4.69) is 17.2 Å². The van der Waals surface area contributed by atoms with Crippen molar-refractivity contribution in [2.24, 2.45) is 0 Å². The average molecular weight is 292 g/mol. The third-order valence-electron chi connectivity index (χ3n) is 3.45. The van der Waals surface area contributed by atoms with Gasteiger partial charge < -0.3 is 19.9 Å². The van der Waals surface area contributed by atoms with Crippen molar-refractivity contribution in [3.05, 3.63) is 18.3 Å². The number of ether oxygens (including phenoxy) is 1. The average Bonchev–Trinajstić information content (AvgIpc) is 2.52. The number of amides is 1. The third kappa shape index (κ3) is 3.64. The lowest BCUT2D eigenvalue weighted by Crippen LogP contribution is -2.58. The van der Waals surface area contributed by atoms with Gasteiger partial charge >= 0.3 is 0 Å². The summed E-state index contributed by atoms with van der Waals surface area (Å²) >= 11 is 0. The maximum atomic E-state index is 12.4. The number of carbonyl (C=O) groups is 1. The lowest BCUT2D eigenvalue weighted by Gasteiger charge is -2.37. The van der Waals surface area contributed by atoms with Crippen LogP contribution in [0, 0.1) is 0 Å². The molecule has 6 nitrogen and oxygen atoms in total. The molecule has 1 aromatic heterocycles. The second-order valence-electron chi connectivity index (χ2n) is 5.32.